The Morgan fingerprint density at radius 2 is 0.339 bits per heavy atom. The molecule has 11 rings (SSSR count). The Hall–Kier alpha value is -7.37. The summed E-state index contributed by atoms with van der Waals surface area (Å²) in [6.45, 7) is 0. The highest BCUT2D eigenvalue weighted by atomic mass is 28.3. The maximum atomic E-state index is 2.58. The van der Waals surface area contributed by atoms with Gasteiger partial charge in [0.15, 0.2) is 16.1 Å². The molecule has 292 valence electrons. The minimum Gasteiger partial charge on any atom is -0.0623 e. The van der Waals surface area contributed by atoms with E-state index in [9.17, 15) is 0 Å². The van der Waals surface area contributed by atoms with Crippen LogP contribution in [0.5, 0.6) is 0 Å². The molecule has 10 aromatic carbocycles. The number of rotatable bonds is 8. The fraction of sp³-hybridized carbons (Fsp3) is 0. The first-order chi connectivity index (χ1) is 30.8. The second-order valence-electron chi connectivity index (χ2n) is 16.3. The number of hydrogen-bond donors (Lipinski definition) is 0. The normalized spacial score (nSPS) is 11.9. The summed E-state index contributed by atoms with van der Waals surface area (Å²) in [6.07, 6.45) is 0. The summed E-state index contributed by atoms with van der Waals surface area (Å²) < 4.78 is 0. The topological polar surface area (TPSA) is 0 Å². The van der Waals surface area contributed by atoms with E-state index in [0.717, 1.165) is 0 Å². The largest absolute Gasteiger partial charge is 0.179 e. The highest BCUT2D eigenvalue weighted by Crippen LogP contribution is 2.47. The van der Waals surface area contributed by atoms with E-state index >= 15 is 0 Å². The minimum absolute atomic E-state index is 1.25. The van der Waals surface area contributed by atoms with Gasteiger partial charge in [-0.15, -0.1) is 0 Å². The van der Waals surface area contributed by atoms with Crippen LogP contribution in [0.1, 0.15) is 0 Å². The van der Waals surface area contributed by atoms with Gasteiger partial charge in [-0.1, -0.05) is 267 Å². The van der Waals surface area contributed by atoms with Crippen LogP contribution in [-0.2, 0) is 0 Å². The second kappa shape index (κ2) is 15.9. The predicted molar refractivity (Wildman–Crippen MR) is 269 cm³/mol. The van der Waals surface area contributed by atoms with Crippen molar-refractivity contribution in [2.75, 3.05) is 0 Å². The van der Waals surface area contributed by atoms with Crippen molar-refractivity contribution in [3.63, 3.8) is 0 Å². The van der Waals surface area contributed by atoms with Crippen LogP contribution in [0, 0.1) is 0 Å². The first-order valence-electron chi connectivity index (χ1n) is 21.6. The molecule has 0 saturated carbocycles. The molecule has 0 nitrogen and oxygen atoms in total. The van der Waals surface area contributed by atoms with Crippen LogP contribution in [0.4, 0.5) is 0 Å². The second-order valence-corrected chi connectivity index (χ2v) is 23.9. The maximum Gasteiger partial charge on any atom is 0.179 e. The molecule has 62 heavy (non-hydrogen) atoms. The molecule has 0 bridgehead atoms. The molecule has 0 unspecified atom stereocenters. The Morgan fingerprint density at radius 1 is 0.145 bits per heavy atom. The fourth-order valence-electron chi connectivity index (χ4n) is 10.5. The summed E-state index contributed by atoms with van der Waals surface area (Å²) in [4.78, 5) is 0. The van der Waals surface area contributed by atoms with E-state index in [1.165, 1.54) is 86.0 Å². The van der Waals surface area contributed by atoms with Gasteiger partial charge in [0.25, 0.3) is 0 Å². The van der Waals surface area contributed by atoms with Gasteiger partial charge in [-0.3, -0.25) is 0 Å². The highest BCUT2D eigenvalue weighted by molar-refractivity contribution is 7.20. The molecule has 10 aromatic rings. The van der Waals surface area contributed by atoms with E-state index in [0.29, 0.717) is 0 Å². The third-order valence-corrected chi connectivity index (χ3v) is 22.7. The van der Waals surface area contributed by atoms with Crippen molar-refractivity contribution in [1.82, 2.24) is 0 Å². The van der Waals surface area contributed by atoms with Crippen LogP contribution >= 0.6 is 0 Å². The SMILES string of the molecule is c1ccc([Si](c2ccccc2)(c2ccccc2)c2ccc3c(c2)-c2ccc([Si](c4ccccc4)(c4ccccc4)c4ccccc4)cc2-c2ccccc2-c2ccccc2-3)cc1. The molecule has 0 N–H and O–H groups in total. The summed E-state index contributed by atoms with van der Waals surface area (Å²) in [6, 6.07) is 101. The summed E-state index contributed by atoms with van der Waals surface area (Å²) in [7, 11) is -5.68. The van der Waals surface area contributed by atoms with Crippen molar-refractivity contribution < 1.29 is 0 Å². The first-order valence-corrected chi connectivity index (χ1v) is 25.6. The third kappa shape index (κ3) is 6.02. The Balaban J connectivity index is 1.26. The van der Waals surface area contributed by atoms with Crippen LogP contribution in [0.2, 0.25) is 0 Å². The van der Waals surface area contributed by atoms with Crippen LogP contribution in [-0.4, -0.2) is 16.1 Å². The van der Waals surface area contributed by atoms with Gasteiger partial charge in [0.2, 0.25) is 0 Å². The zero-order valence-corrected chi connectivity index (χ0v) is 36.4. The molecule has 0 heterocycles. The van der Waals surface area contributed by atoms with Gasteiger partial charge in [0.1, 0.15) is 0 Å². The number of fused-ring (bicyclic) bond motifs is 8. The standard InChI is InChI=1S/C60H44Si2/c1-7-23-45(24-8-1)61(46-25-9-2-10-26-46,47-27-11-3-12-28-47)51-39-41-57-55-37-20-19-35-53(55)54-36-21-22-38-56(54)59-43-52(40-42-58(59)60(57)44-51)62(48-29-13-4-14-30-48,49-31-15-5-16-32-49)50-33-17-6-18-34-50/h1-44H. The smallest absolute Gasteiger partial charge is 0.0623 e. The minimum atomic E-state index is -2.84. The Labute approximate surface area is 367 Å². The fourth-order valence-corrected chi connectivity index (χ4v) is 20.0. The molecule has 0 spiro atoms. The lowest BCUT2D eigenvalue weighted by Crippen LogP contribution is -2.74. The van der Waals surface area contributed by atoms with Gasteiger partial charge in [-0.2, -0.15) is 0 Å². The van der Waals surface area contributed by atoms with E-state index in [2.05, 4.69) is 267 Å². The number of hydrogen-bond acceptors (Lipinski definition) is 0. The van der Waals surface area contributed by atoms with Crippen LogP contribution in [0.25, 0.3) is 44.5 Å². The molecule has 2 heteroatoms. The molecule has 0 amide bonds. The van der Waals surface area contributed by atoms with Gasteiger partial charge >= 0.3 is 0 Å². The lowest BCUT2D eigenvalue weighted by atomic mass is 9.81. The summed E-state index contributed by atoms with van der Waals surface area (Å²) in [5, 5.41) is 10.9. The highest BCUT2D eigenvalue weighted by Gasteiger charge is 2.44. The van der Waals surface area contributed by atoms with Crippen molar-refractivity contribution in [3.05, 3.63) is 267 Å². The lowest BCUT2D eigenvalue weighted by molar-refractivity contribution is 1.53. The van der Waals surface area contributed by atoms with Crippen molar-refractivity contribution in [1.29, 1.82) is 0 Å². The molecule has 0 atom stereocenters. The first kappa shape index (κ1) is 37.6. The van der Waals surface area contributed by atoms with Crippen molar-refractivity contribution in [2.24, 2.45) is 0 Å². The molecule has 1 aliphatic carbocycles. The maximum absolute atomic E-state index is 2.84. The monoisotopic (exact) mass is 820 g/mol. The summed E-state index contributed by atoms with van der Waals surface area (Å²) in [5.74, 6) is 0. The average molecular weight is 821 g/mol. The van der Waals surface area contributed by atoms with Crippen LogP contribution in [0.15, 0.2) is 267 Å². The molecule has 0 radical (unpaired) electrons. The average Bonchev–Trinajstić information content (AvgIpc) is 3.36. The Bertz CT molecular complexity index is 2800. The molecule has 1 aliphatic rings. The number of benzene rings is 10. The predicted octanol–water partition coefficient (Wildman–Crippen LogP) is 9.42. The van der Waals surface area contributed by atoms with E-state index < -0.39 is 16.1 Å². The molecule has 0 aromatic heterocycles. The van der Waals surface area contributed by atoms with Gasteiger partial charge in [-0.05, 0) is 86.0 Å². The van der Waals surface area contributed by atoms with E-state index in [-0.39, 0.29) is 0 Å². The lowest BCUT2D eigenvalue weighted by Gasteiger charge is -2.36. The molecular formula is C60H44Si2. The third-order valence-electron chi connectivity index (χ3n) is 13.2. The zero-order chi connectivity index (χ0) is 41.4. The van der Waals surface area contributed by atoms with Gasteiger partial charge in [0.05, 0.1) is 0 Å². The van der Waals surface area contributed by atoms with E-state index in [4.69, 9.17) is 0 Å². The van der Waals surface area contributed by atoms with E-state index in [1.54, 1.807) is 0 Å². The van der Waals surface area contributed by atoms with Crippen molar-refractivity contribution >= 4 is 57.6 Å². The van der Waals surface area contributed by atoms with Crippen molar-refractivity contribution in [2.45, 2.75) is 0 Å². The molecular weight excluding hydrogens is 777 g/mol. The van der Waals surface area contributed by atoms with Gasteiger partial charge < -0.3 is 0 Å². The molecule has 0 fully saturated rings. The Morgan fingerprint density at radius 3 is 0.597 bits per heavy atom. The van der Waals surface area contributed by atoms with Gasteiger partial charge in [-0.25, -0.2) is 0 Å². The zero-order valence-electron chi connectivity index (χ0n) is 34.4. The quantitative estimate of drug-likeness (QED) is 0.106. The molecule has 0 saturated heterocycles. The van der Waals surface area contributed by atoms with Gasteiger partial charge in [0, 0.05) is 0 Å². The van der Waals surface area contributed by atoms with E-state index in [1.807, 2.05) is 0 Å². The summed E-state index contributed by atoms with van der Waals surface area (Å²) in [5.41, 5.74) is 10.0. The van der Waals surface area contributed by atoms with Crippen molar-refractivity contribution in [3.8, 4) is 44.5 Å². The Kier molecular flexibility index (Phi) is 9.65. The van der Waals surface area contributed by atoms with Crippen LogP contribution < -0.4 is 41.5 Å². The summed E-state index contributed by atoms with van der Waals surface area (Å²) >= 11 is 0. The molecule has 0 aliphatic heterocycles. The van der Waals surface area contributed by atoms with Crippen LogP contribution in [0.3, 0.4) is 0 Å².